The van der Waals surface area contributed by atoms with Gasteiger partial charge in [0.1, 0.15) is 11.9 Å². The first kappa shape index (κ1) is 19.5. The van der Waals surface area contributed by atoms with Crippen molar-refractivity contribution < 1.29 is 19.0 Å². The molecule has 30 heavy (non-hydrogen) atoms. The summed E-state index contributed by atoms with van der Waals surface area (Å²) in [6.07, 6.45) is 0.284. The highest BCUT2D eigenvalue weighted by Gasteiger charge is 2.52. The van der Waals surface area contributed by atoms with Gasteiger partial charge in [-0.05, 0) is 28.8 Å². The van der Waals surface area contributed by atoms with Gasteiger partial charge in [-0.1, -0.05) is 36.4 Å². The zero-order valence-corrected chi connectivity index (χ0v) is 17.4. The Hall–Kier alpha value is -2.41. The second-order valence-electron chi connectivity index (χ2n) is 8.34. The first-order chi connectivity index (χ1) is 14.7. The molecule has 0 N–H and O–H groups in total. The average molecular weight is 408 g/mol. The molecule has 2 saturated heterocycles. The Labute approximate surface area is 177 Å². The van der Waals surface area contributed by atoms with E-state index in [0.717, 1.165) is 18.8 Å². The van der Waals surface area contributed by atoms with Crippen LogP contribution < -0.4 is 4.74 Å². The number of nitrogens with zero attached hydrogens (tertiary/aromatic N) is 2. The van der Waals surface area contributed by atoms with E-state index in [0.29, 0.717) is 39.3 Å². The van der Waals surface area contributed by atoms with Crippen molar-refractivity contribution in [3.63, 3.8) is 0 Å². The van der Waals surface area contributed by atoms with Gasteiger partial charge in [-0.25, -0.2) is 0 Å². The van der Waals surface area contributed by atoms with Crippen LogP contribution in [-0.4, -0.2) is 61.8 Å². The highest BCUT2D eigenvalue weighted by Crippen LogP contribution is 2.47. The third-order valence-electron chi connectivity index (χ3n) is 6.64. The molecule has 0 radical (unpaired) electrons. The van der Waals surface area contributed by atoms with Crippen LogP contribution in [0.25, 0.3) is 0 Å². The van der Waals surface area contributed by atoms with E-state index in [1.807, 2.05) is 17.0 Å². The molecule has 0 aliphatic carbocycles. The van der Waals surface area contributed by atoms with E-state index in [2.05, 4.69) is 41.3 Å². The van der Waals surface area contributed by atoms with Crippen LogP contribution >= 0.6 is 0 Å². The lowest BCUT2D eigenvalue weighted by Gasteiger charge is -2.35. The van der Waals surface area contributed by atoms with Crippen molar-refractivity contribution >= 4 is 5.91 Å². The number of amides is 1. The molecular formula is C24H28N2O4. The number of hydrogen-bond donors (Lipinski definition) is 0. The van der Waals surface area contributed by atoms with Crippen molar-refractivity contribution in [1.29, 1.82) is 0 Å². The Morgan fingerprint density at radius 1 is 1.17 bits per heavy atom. The van der Waals surface area contributed by atoms with Crippen LogP contribution in [0.15, 0.2) is 48.5 Å². The monoisotopic (exact) mass is 408 g/mol. The number of carbonyl (C=O) groups excluding carboxylic acids is 1. The van der Waals surface area contributed by atoms with Crippen LogP contribution in [-0.2, 0) is 32.9 Å². The van der Waals surface area contributed by atoms with Gasteiger partial charge in [-0.2, -0.15) is 0 Å². The number of morpholine rings is 1. The summed E-state index contributed by atoms with van der Waals surface area (Å²) < 4.78 is 17.0. The molecule has 3 aliphatic rings. The second-order valence-corrected chi connectivity index (χ2v) is 8.34. The minimum absolute atomic E-state index is 0.0980. The van der Waals surface area contributed by atoms with Crippen molar-refractivity contribution in [2.75, 3.05) is 40.0 Å². The first-order valence-corrected chi connectivity index (χ1v) is 10.6. The standard InChI is InChI=1S/C24H28N2O4/c1-28-20-7-4-5-18(13-20)15-26-16-19-6-2-3-8-21(19)24(26)14-22(30-17-24)23(27)25-9-11-29-12-10-25/h2-8,13,22H,9-12,14-17H2,1H3/t22-,24-/m0/s1. The lowest BCUT2D eigenvalue weighted by atomic mass is 9.86. The summed E-state index contributed by atoms with van der Waals surface area (Å²) in [6, 6.07) is 16.8. The van der Waals surface area contributed by atoms with E-state index in [1.165, 1.54) is 16.7 Å². The van der Waals surface area contributed by atoms with Crippen molar-refractivity contribution in [3.8, 4) is 5.75 Å². The number of rotatable bonds is 4. The third-order valence-corrected chi connectivity index (χ3v) is 6.64. The molecule has 0 aromatic heterocycles. The third kappa shape index (κ3) is 3.39. The van der Waals surface area contributed by atoms with Gasteiger partial charge in [0, 0.05) is 32.6 Å². The zero-order chi connectivity index (χ0) is 20.6. The normalized spacial score (nSPS) is 26.2. The summed E-state index contributed by atoms with van der Waals surface area (Å²) in [4.78, 5) is 17.5. The molecule has 3 aliphatic heterocycles. The molecule has 2 fully saturated rings. The van der Waals surface area contributed by atoms with Crippen molar-refractivity contribution in [2.45, 2.75) is 31.2 Å². The SMILES string of the molecule is COc1cccc(CN2Cc3ccccc3[C@]23CO[C@H](C(=O)N2CCOCC2)C3)c1. The number of ether oxygens (including phenoxy) is 3. The molecule has 0 bridgehead atoms. The van der Waals surface area contributed by atoms with Crippen molar-refractivity contribution in [2.24, 2.45) is 0 Å². The number of carbonyl (C=O) groups is 1. The fraction of sp³-hybridized carbons (Fsp3) is 0.458. The number of methoxy groups -OCH3 is 1. The lowest BCUT2D eigenvalue weighted by molar-refractivity contribution is -0.144. The van der Waals surface area contributed by atoms with E-state index >= 15 is 0 Å². The van der Waals surface area contributed by atoms with Gasteiger partial charge in [-0.15, -0.1) is 0 Å². The highest BCUT2D eigenvalue weighted by atomic mass is 16.5. The highest BCUT2D eigenvalue weighted by molar-refractivity contribution is 5.81. The molecule has 2 aromatic rings. The van der Waals surface area contributed by atoms with Crippen LogP contribution in [0.5, 0.6) is 5.75 Å². The summed E-state index contributed by atoms with van der Waals surface area (Å²) in [7, 11) is 1.69. The molecule has 6 nitrogen and oxygen atoms in total. The van der Waals surface area contributed by atoms with Crippen LogP contribution in [0.4, 0.5) is 0 Å². The molecule has 3 heterocycles. The smallest absolute Gasteiger partial charge is 0.251 e. The van der Waals surface area contributed by atoms with Gasteiger partial charge in [0.25, 0.3) is 5.91 Å². The molecule has 0 unspecified atom stereocenters. The molecule has 6 heteroatoms. The van der Waals surface area contributed by atoms with Crippen LogP contribution in [0.2, 0.25) is 0 Å². The molecular weight excluding hydrogens is 380 g/mol. The Balaban J connectivity index is 1.42. The average Bonchev–Trinajstić information content (AvgIpc) is 3.37. The van der Waals surface area contributed by atoms with Crippen LogP contribution in [0, 0.1) is 0 Å². The molecule has 5 rings (SSSR count). The van der Waals surface area contributed by atoms with E-state index < -0.39 is 6.10 Å². The van der Waals surface area contributed by atoms with Gasteiger partial charge in [0.2, 0.25) is 0 Å². The number of hydrogen-bond acceptors (Lipinski definition) is 5. The van der Waals surface area contributed by atoms with Gasteiger partial charge in [-0.3, -0.25) is 9.69 Å². The quantitative estimate of drug-likeness (QED) is 0.778. The predicted molar refractivity (Wildman–Crippen MR) is 112 cm³/mol. The maximum atomic E-state index is 13.1. The Bertz CT molecular complexity index is 927. The van der Waals surface area contributed by atoms with E-state index in [-0.39, 0.29) is 11.4 Å². The predicted octanol–water partition coefficient (Wildman–Crippen LogP) is 2.55. The second kappa shape index (κ2) is 8.02. The summed E-state index contributed by atoms with van der Waals surface area (Å²) >= 11 is 0. The van der Waals surface area contributed by atoms with Gasteiger partial charge in [0.15, 0.2) is 0 Å². The fourth-order valence-corrected chi connectivity index (χ4v) is 5.05. The minimum Gasteiger partial charge on any atom is -0.497 e. The molecule has 158 valence electrons. The van der Waals surface area contributed by atoms with Gasteiger partial charge in [0.05, 0.1) is 32.5 Å². The number of fused-ring (bicyclic) bond motifs is 2. The Morgan fingerprint density at radius 2 is 2.00 bits per heavy atom. The van der Waals surface area contributed by atoms with E-state index in [1.54, 1.807) is 7.11 Å². The summed E-state index contributed by atoms with van der Waals surface area (Å²) in [5.74, 6) is 0.960. The maximum absolute atomic E-state index is 13.1. The van der Waals surface area contributed by atoms with Gasteiger partial charge >= 0.3 is 0 Å². The first-order valence-electron chi connectivity index (χ1n) is 10.6. The summed E-state index contributed by atoms with van der Waals surface area (Å²) in [5, 5.41) is 0. The fourth-order valence-electron chi connectivity index (χ4n) is 5.05. The summed E-state index contributed by atoms with van der Waals surface area (Å²) in [6.45, 7) is 4.69. The summed E-state index contributed by atoms with van der Waals surface area (Å²) in [5.41, 5.74) is 3.55. The molecule has 2 atom stereocenters. The maximum Gasteiger partial charge on any atom is 0.251 e. The molecule has 1 spiro atoms. The van der Waals surface area contributed by atoms with Crippen LogP contribution in [0.3, 0.4) is 0 Å². The van der Waals surface area contributed by atoms with E-state index in [4.69, 9.17) is 14.2 Å². The largest absolute Gasteiger partial charge is 0.497 e. The van der Waals surface area contributed by atoms with Gasteiger partial charge < -0.3 is 19.1 Å². The Morgan fingerprint density at radius 3 is 2.83 bits per heavy atom. The number of benzene rings is 2. The van der Waals surface area contributed by atoms with E-state index in [9.17, 15) is 4.79 Å². The van der Waals surface area contributed by atoms with Crippen molar-refractivity contribution in [1.82, 2.24) is 9.80 Å². The van der Waals surface area contributed by atoms with Crippen LogP contribution in [0.1, 0.15) is 23.1 Å². The minimum atomic E-state index is -0.401. The van der Waals surface area contributed by atoms with Crippen molar-refractivity contribution in [3.05, 3.63) is 65.2 Å². The molecule has 2 aromatic carbocycles. The zero-order valence-electron chi connectivity index (χ0n) is 17.4. The lowest BCUT2D eigenvalue weighted by Crippen LogP contribution is -2.46. The molecule has 0 saturated carbocycles. The Kier molecular flexibility index (Phi) is 5.23. The topological polar surface area (TPSA) is 51.2 Å². The molecule has 1 amide bonds.